The Bertz CT molecular complexity index is 1020. The van der Waals surface area contributed by atoms with Crippen LogP contribution in [0.5, 0.6) is 11.5 Å². The first-order valence-corrected chi connectivity index (χ1v) is 10.7. The molecule has 5 heteroatoms. The van der Waals surface area contributed by atoms with E-state index in [1.54, 1.807) is 14.2 Å². The summed E-state index contributed by atoms with van der Waals surface area (Å²) in [6.07, 6.45) is 4.64. The van der Waals surface area contributed by atoms with E-state index in [0.29, 0.717) is 23.8 Å². The number of H-pyrrole nitrogens is 1. The monoisotopic (exact) mass is 406 g/mol. The number of hydrogen-bond donors (Lipinski definition) is 1. The van der Waals surface area contributed by atoms with Crippen LogP contribution >= 0.6 is 0 Å². The van der Waals surface area contributed by atoms with Gasteiger partial charge in [0, 0.05) is 42.5 Å². The molecule has 1 atom stereocenters. The largest absolute Gasteiger partial charge is 0.493 e. The van der Waals surface area contributed by atoms with E-state index < -0.39 is 0 Å². The first-order valence-electron chi connectivity index (χ1n) is 10.7. The highest BCUT2D eigenvalue weighted by Gasteiger charge is 2.27. The van der Waals surface area contributed by atoms with Crippen LogP contribution in [0.2, 0.25) is 0 Å². The van der Waals surface area contributed by atoms with Gasteiger partial charge in [0.25, 0.3) is 0 Å². The van der Waals surface area contributed by atoms with Gasteiger partial charge in [-0.05, 0) is 48.1 Å². The number of amides is 1. The molecule has 4 rings (SSSR count). The fourth-order valence-corrected chi connectivity index (χ4v) is 4.42. The quantitative estimate of drug-likeness (QED) is 0.629. The van der Waals surface area contributed by atoms with Gasteiger partial charge in [-0.3, -0.25) is 4.79 Å². The van der Waals surface area contributed by atoms with Crippen molar-refractivity contribution < 1.29 is 14.3 Å². The maximum atomic E-state index is 13.3. The lowest BCUT2D eigenvalue weighted by Gasteiger charge is -2.31. The molecule has 2 heterocycles. The van der Waals surface area contributed by atoms with Gasteiger partial charge in [-0.2, -0.15) is 0 Å². The lowest BCUT2D eigenvalue weighted by molar-refractivity contribution is -0.132. The van der Waals surface area contributed by atoms with Crippen molar-refractivity contribution in [3.8, 4) is 11.5 Å². The second-order valence-electron chi connectivity index (χ2n) is 8.22. The van der Waals surface area contributed by atoms with E-state index in [1.165, 1.54) is 0 Å². The third kappa shape index (κ3) is 4.02. The Balaban J connectivity index is 1.71. The number of benzene rings is 2. The maximum Gasteiger partial charge on any atom is 0.223 e. The summed E-state index contributed by atoms with van der Waals surface area (Å²) in [5, 5.41) is 1.15. The molecule has 1 fully saturated rings. The third-order valence-corrected chi connectivity index (χ3v) is 6.32. The van der Waals surface area contributed by atoms with Crippen LogP contribution < -0.4 is 9.47 Å². The van der Waals surface area contributed by atoms with Crippen LogP contribution in [-0.4, -0.2) is 43.1 Å². The van der Waals surface area contributed by atoms with Gasteiger partial charge in [0.1, 0.15) is 0 Å². The van der Waals surface area contributed by atoms with Crippen LogP contribution in [0.4, 0.5) is 0 Å². The Hall–Kier alpha value is -2.95. The number of rotatable bonds is 6. The van der Waals surface area contributed by atoms with Gasteiger partial charge in [0.2, 0.25) is 5.91 Å². The summed E-state index contributed by atoms with van der Waals surface area (Å²) >= 11 is 0. The molecule has 1 aliphatic rings. The van der Waals surface area contributed by atoms with Crippen LogP contribution in [0.25, 0.3) is 10.9 Å². The molecule has 1 amide bonds. The minimum atomic E-state index is -0.0622. The van der Waals surface area contributed by atoms with Crippen molar-refractivity contribution in [2.75, 3.05) is 27.3 Å². The van der Waals surface area contributed by atoms with E-state index in [-0.39, 0.29) is 11.8 Å². The van der Waals surface area contributed by atoms with Crippen LogP contribution in [0.1, 0.15) is 43.2 Å². The Kier molecular flexibility index (Phi) is 5.98. The third-order valence-electron chi connectivity index (χ3n) is 6.32. The number of piperidine rings is 1. The fourth-order valence-electron chi connectivity index (χ4n) is 4.42. The van der Waals surface area contributed by atoms with E-state index >= 15 is 0 Å². The Morgan fingerprint density at radius 1 is 1.10 bits per heavy atom. The molecule has 158 valence electrons. The molecule has 0 unspecified atom stereocenters. The first-order chi connectivity index (χ1) is 14.6. The number of para-hydroxylation sites is 1. The molecule has 1 aliphatic heterocycles. The van der Waals surface area contributed by atoms with Crippen LogP contribution in [0.15, 0.2) is 48.7 Å². The summed E-state index contributed by atoms with van der Waals surface area (Å²) in [7, 11) is 3.28. The van der Waals surface area contributed by atoms with Crippen molar-refractivity contribution in [2.24, 2.45) is 5.92 Å². The lowest BCUT2D eigenvalue weighted by Crippen LogP contribution is -2.38. The molecule has 2 aromatic carbocycles. The smallest absolute Gasteiger partial charge is 0.223 e. The molecule has 0 spiro atoms. The number of likely N-dealkylation sites (tertiary alicyclic amines) is 1. The summed E-state index contributed by atoms with van der Waals surface area (Å²) < 4.78 is 10.9. The molecule has 0 radical (unpaired) electrons. The average molecular weight is 407 g/mol. The summed E-state index contributed by atoms with van der Waals surface area (Å²) in [5.74, 6) is 2.22. The van der Waals surface area contributed by atoms with E-state index in [2.05, 4.69) is 24.0 Å². The second kappa shape index (κ2) is 8.82. The molecule has 1 aromatic heterocycles. The summed E-state index contributed by atoms with van der Waals surface area (Å²) in [5.41, 5.74) is 3.27. The van der Waals surface area contributed by atoms with Crippen LogP contribution in [0, 0.1) is 5.92 Å². The van der Waals surface area contributed by atoms with Crippen molar-refractivity contribution in [2.45, 2.75) is 32.1 Å². The molecule has 0 aliphatic carbocycles. The molecular weight excluding hydrogens is 376 g/mol. The standard InChI is InChI=1S/C25H30N2O3/c1-17-10-12-27(13-11-17)25(28)15-20(18-8-9-23(29-2)24(14-18)30-3)21-16-26-22-7-5-4-6-19(21)22/h4-9,14,16-17,20,26H,10-13,15H2,1-3H3/t20-/m0/s1. The number of carbonyl (C=O) groups is 1. The number of aromatic amines is 1. The zero-order valence-corrected chi connectivity index (χ0v) is 18.0. The van der Waals surface area contributed by atoms with E-state index in [0.717, 1.165) is 48.0 Å². The predicted molar refractivity (Wildman–Crippen MR) is 119 cm³/mol. The molecule has 0 bridgehead atoms. The fraction of sp³-hybridized carbons (Fsp3) is 0.400. The Morgan fingerprint density at radius 2 is 1.83 bits per heavy atom. The lowest BCUT2D eigenvalue weighted by atomic mass is 9.87. The average Bonchev–Trinajstić information content (AvgIpc) is 3.21. The number of ether oxygens (including phenoxy) is 2. The van der Waals surface area contributed by atoms with Crippen molar-refractivity contribution in [1.82, 2.24) is 9.88 Å². The summed E-state index contributed by atoms with van der Waals surface area (Å²) in [6.45, 7) is 3.97. The zero-order valence-electron chi connectivity index (χ0n) is 18.0. The number of aromatic nitrogens is 1. The minimum absolute atomic E-state index is 0.0622. The van der Waals surface area contributed by atoms with Gasteiger partial charge in [0.15, 0.2) is 11.5 Å². The van der Waals surface area contributed by atoms with Crippen molar-refractivity contribution in [1.29, 1.82) is 0 Å². The zero-order chi connectivity index (χ0) is 21.1. The number of fused-ring (bicyclic) bond motifs is 1. The van der Waals surface area contributed by atoms with E-state index in [1.807, 2.05) is 41.4 Å². The number of carbonyl (C=O) groups excluding carboxylic acids is 1. The van der Waals surface area contributed by atoms with Gasteiger partial charge in [0.05, 0.1) is 14.2 Å². The Morgan fingerprint density at radius 3 is 2.57 bits per heavy atom. The first kappa shape index (κ1) is 20.3. The topological polar surface area (TPSA) is 54.6 Å². The molecule has 30 heavy (non-hydrogen) atoms. The molecule has 1 N–H and O–H groups in total. The molecule has 3 aromatic rings. The maximum absolute atomic E-state index is 13.3. The van der Waals surface area contributed by atoms with Crippen molar-refractivity contribution in [3.63, 3.8) is 0 Å². The van der Waals surface area contributed by atoms with E-state index in [4.69, 9.17) is 9.47 Å². The summed E-state index contributed by atoms with van der Waals surface area (Å²) in [6, 6.07) is 14.2. The summed E-state index contributed by atoms with van der Waals surface area (Å²) in [4.78, 5) is 18.7. The number of methoxy groups -OCH3 is 2. The molecular formula is C25H30N2O3. The molecule has 0 saturated carbocycles. The van der Waals surface area contributed by atoms with Crippen LogP contribution in [-0.2, 0) is 4.79 Å². The van der Waals surface area contributed by atoms with Gasteiger partial charge in [-0.1, -0.05) is 31.2 Å². The van der Waals surface area contributed by atoms with Crippen molar-refractivity contribution in [3.05, 3.63) is 59.8 Å². The Labute approximate surface area is 178 Å². The predicted octanol–water partition coefficient (Wildman–Crippen LogP) is 4.97. The van der Waals surface area contributed by atoms with Gasteiger partial charge < -0.3 is 19.4 Å². The highest BCUT2D eigenvalue weighted by Crippen LogP contribution is 2.38. The molecule has 5 nitrogen and oxygen atoms in total. The SMILES string of the molecule is COc1ccc([C@H](CC(=O)N2CCC(C)CC2)c2c[nH]c3ccccc23)cc1OC. The van der Waals surface area contributed by atoms with Gasteiger partial charge >= 0.3 is 0 Å². The number of nitrogens with one attached hydrogen (secondary N) is 1. The number of hydrogen-bond acceptors (Lipinski definition) is 3. The van der Waals surface area contributed by atoms with Gasteiger partial charge in [-0.15, -0.1) is 0 Å². The normalized spacial score (nSPS) is 15.9. The molecule has 1 saturated heterocycles. The van der Waals surface area contributed by atoms with Gasteiger partial charge in [-0.25, -0.2) is 0 Å². The number of nitrogens with zero attached hydrogens (tertiary/aromatic N) is 1. The van der Waals surface area contributed by atoms with Crippen LogP contribution in [0.3, 0.4) is 0 Å². The highest BCUT2D eigenvalue weighted by atomic mass is 16.5. The van der Waals surface area contributed by atoms with E-state index in [9.17, 15) is 4.79 Å². The highest BCUT2D eigenvalue weighted by molar-refractivity contribution is 5.86. The second-order valence-corrected chi connectivity index (χ2v) is 8.22. The van der Waals surface area contributed by atoms with Crippen molar-refractivity contribution >= 4 is 16.8 Å². The minimum Gasteiger partial charge on any atom is -0.493 e.